The number of ether oxygens (including phenoxy) is 1. The van der Waals surface area contributed by atoms with Gasteiger partial charge in [-0.2, -0.15) is 0 Å². The molecule has 1 fully saturated rings. The molecule has 2 aromatic rings. The van der Waals surface area contributed by atoms with Crippen molar-refractivity contribution < 1.29 is 24.2 Å². The van der Waals surface area contributed by atoms with Gasteiger partial charge in [-0.15, -0.1) is 0 Å². The first-order valence-corrected chi connectivity index (χ1v) is 11.9. The number of carbonyl (C=O) groups is 3. The molecule has 2 unspecified atom stereocenters. The topological polar surface area (TPSA) is 105 Å². The Morgan fingerprint density at radius 1 is 1.00 bits per heavy atom. The number of hydrogen-bond acceptors (Lipinski definition) is 4. The first-order chi connectivity index (χ1) is 16.2. The summed E-state index contributed by atoms with van der Waals surface area (Å²) >= 11 is 0. The lowest BCUT2D eigenvalue weighted by Crippen LogP contribution is -2.49. The van der Waals surface area contributed by atoms with Gasteiger partial charge in [0.05, 0.1) is 5.92 Å². The van der Waals surface area contributed by atoms with Crippen LogP contribution in [-0.4, -0.2) is 41.3 Å². The van der Waals surface area contributed by atoms with Crippen LogP contribution in [0.25, 0.3) is 11.1 Å². The number of aliphatic carboxylic acids is 1. The molecule has 2 aliphatic rings. The molecule has 0 heterocycles. The van der Waals surface area contributed by atoms with E-state index >= 15 is 0 Å². The summed E-state index contributed by atoms with van der Waals surface area (Å²) in [7, 11) is 0. The number of hydrogen-bond donors (Lipinski definition) is 3. The number of rotatable bonds is 7. The predicted molar refractivity (Wildman–Crippen MR) is 128 cm³/mol. The Morgan fingerprint density at radius 3 is 2.24 bits per heavy atom. The van der Waals surface area contributed by atoms with Gasteiger partial charge in [0.2, 0.25) is 5.91 Å². The molecule has 7 heteroatoms. The van der Waals surface area contributed by atoms with Crippen molar-refractivity contribution in [3.05, 3.63) is 59.7 Å². The minimum absolute atomic E-state index is 0.0296. The molecule has 1 saturated carbocycles. The number of carboxylic acid groups (broad SMARTS) is 1. The van der Waals surface area contributed by atoms with Crippen molar-refractivity contribution >= 4 is 18.0 Å². The van der Waals surface area contributed by atoms with E-state index in [-0.39, 0.29) is 30.9 Å². The maximum atomic E-state index is 12.6. The second kappa shape index (κ2) is 9.87. The summed E-state index contributed by atoms with van der Waals surface area (Å²) in [4.78, 5) is 36.4. The van der Waals surface area contributed by atoms with Gasteiger partial charge in [0.25, 0.3) is 0 Å². The van der Waals surface area contributed by atoms with Gasteiger partial charge in [-0.3, -0.25) is 9.59 Å². The van der Waals surface area contributed by atoms with Crippen molar-refractivity contribution in [3.8, 4) is 11.1 Å². The van der Waals surface area contributed by atoms with Crippen LogP contribution in [0.1, 0.15) is 63.0 Å². The van der Waals surface area contributed by atoms with Crippen LogP contribution in [0, 0.1) is 5.92 Å². The molecule has 0 aromatic heterocycles. The summed E-state index contributed by atoms with van der Waals surface area (Å²) in [5, 5.41) is 15.0. The molecule has 2 amide bonds. The fourth-order valence-electron chi connectivity index (χ4n) is 5.18. The van der Waals surface area contributed by atoms with Crippen LogP contribution in [0.15, 0.2) is 48.5 Å². The summed E-state index contributed by atoms with van der Waals surface area (Å²) < 4.78 is 5.60. The Bertz CT molecular complexity index is 1030. The Morgan fingerprint density at radius 2 is 1.62 bits per heavy atom. The quantitative estimate of drug-likeness (QED) is 0.561. The zero-order chi connectivity index (χ0) is 24.3. The Hall–Kier alpha value is -3.35. The van der Waals surface area contributed by atoms with E-state index < -0.39 is 23.5 Å². The molecule has 2 aromatic carbocycles. The smallest absolute Gasteiger partial charge is 0.407 e. The normalized spacial score (nSPS) is 19.6. The first kappa shape index (κ1) is 23.8. The molecule has 34 heavy (non-hydrogen) atoms. The fourth-order valence-corrected chi connectivity index (χ4v) is 5.18. The van der Waals surface area contributed by atoms with Gasteiger partial charge in [0, 0.05) is 23.9 Å². The lowest BCUT2D eigenvalue weighted by atomic mass is 9.85. The molecule has 7 nitrogen and oxygen atoms in total. The largest absolute Gasteiger partial charge is 0.481 e. The highest BCUT2D eigenvalue weighted by molar-refractivity contribution is 5.80. The molecule has 2 aliphatic carbocycles. The van der Waals surface area contributed by atoms with E-state index in [0.29, 0.717) is 12.8 Å². The molecule has 4 rings (SSSR count). The van der Waals surface area contributed by atoms with Crippen molar-refractivity contribution in [1.29, 1.82) is 0 Å². The Balaban J connectivity index is 1.30. The number of amides is 2. The SMILES string of the molecule is CC(C)(CC(=O)NC1CCCC(C(=O)O)C1)NC(=O)OCC1c2ccccc2-c2ccccc21. The summed E-state index contributed by atoms with van der Waals surface area (Å²) in [5.74, 6) is -1.46. The molecule has 3 N–H and O–H groups in total. The van der Waals surface area contributed by atoms with Gasteiger partial charge < -0.3 is 20.5 Å². The van der Waals surface area contributed by atoms with Crippen LogP contribution in [-0.2, 0) is 14.3 Å². The molecule has 0 radical (unpaired) electrons. The van der Waals surface area contributed by atoms with Gasteiger partial charge in [-0.1, -0.05) is 55.0 Å². The zero-order valence-corrected chi connectivity index (χ0v) is 19.7. The first-order valence-electron chi connectivity index (χ1n) is 11.9. The van der Waals surface area contributed by atoms with Gasteiger partial charge in [-0.05, 0) is 55.4 Å². The van der Waals surface area contributed by atoms with Crippen molar-refractivity contribution in [2.75, 3.05) is 6.61 Å². The summed E-state index contributed by atoms with van der Waals surface area (Å²) in [5.41, 5.74) is 3.80. The Labute approximate surface area is 199 Å². The van der Waals surface area contributed by atoms with Crippen LogP contribution in [0.3, 0.4) is 0 Å². The monoisotopic (exact) mass is 464 g/mol. The number of benzene rings is 2. The third kappa shape index (κ3) is 5.41. The number of fused-ring (bicyclic) bond motifs is 3. The second-order valence-corrected chi connectivity index (χ2v) is 9.98. The number of carboxylic acids is 1. The van der Waals surface area contributed by atoms with Gasteiger partial charge in [0.1, 0.15) is 6.61 Å². The van der Waals surface area contributed by atoms with Crippen molar-refractivity contribution in [1.82, 2.24) is 10.6 Å². The van der Waals surface area contributed by atoms with Crippen molar-refractivity contribution in [2.24, 2.45) is 5.92 Å². The van der Waals surface area contributed by atoms with Crippen LogP contribution in [0.4, 0.5) is 4.79 Å². The van der Waals surface area contributed by atoms with E-state index in [0.717, 1.165) is 35.1 Å². The predicted octanol–water partition coefficient (Wildman–Crippen LogP) is 4.45. The summed E-state index contributed by atoms with van der Waals surface area (Å²) in [6.45, 7) is 3.75. The third-order valence-corrected chi connectivity index (χ3v) is 6.78. The molecule has 0 spiro atoms. The van der Waals surface area contributed by atoms with Crippen LogP contribution < -0.4 is 10.6 Å². The van der Waals surface area contributed by atoms with Crippen LogP contribution in [0.2, 0.25) is 0 Å². The van der Waals surface area contributed by atoms with Gasteiger partial charge in [0.15, 0.2) is 0 Å². The van der Waals surface area contributed by atoms with E-state index in [9.17, 15) is 19.5 Å². The van der Waals surface area contributed by atoms with Crippen molar-refractivity contribution in [3.63, 3.8) is 0 Å². The minimum atomic E-state index is -0.812. The highest BCUT2D eigenvalue weighted by Gasteiger charge is 2.32. The van der Waals surface area contributed by atoms with E-state index in [4.69, 9.17) is 4.74 Å². The van der Waals surface area contributed by atoms with Crippen molar-refractivity contribution in [2.45, 2.75) is 63.5 Å². The average Bonchev–Trinajstić information content (AvgIpc) is 3.11. The van der Waals surface area contributed by atoms with Gasteiger partial charge >= 0.3 is 12.1 Å². The highest BCUT2D eigenvalue weighted by Crippen LogP contribution is 2.44. The molecule has 180 valence electrons. The van der Waals surface area contributed by atoms with Crippen LogP contribution in [0.5, 0.6) is 0 Å². The minimum Gasteiger partial charge on any atom is -0.481 e. The number of carbonyl (C=O) groups excluding carboxylic acids is 2. The van der Waals surface area contributed by atoms with E-state index in [1.54, 1.807) is 13.8 Å². The number of alkyl carbamates (subject to hydrolysis) is 1. The molecule has 0 aliphatic heterocycles. The Kier molecular flexibility index (Phi) is 6.91. The lowest BCUT2D eigenvalue weighted by molar-refractivity contribution is -0.143. The average molecular weight is 465 g/mol. The molecular weight excluding hydrogens is 432 g/mol. The second-order valence-electron chi connectivity index (χ2n) is 9.98. The highest BCUT2D eigenvalue weighted by atomic mass is 16.5. The van der Waals surface area contributed by atoms with E-state index in [2.05, 4.69) is 34.9 Å². The third-order valence-electron chi connectivity index (χ3n) is 6.78. The fraction of sp³-hybridized carbons (Fsp3) is 0.444. The van der Waals surface area contributed by atoms with Crippen LogP contribution >= 0.6 is 0 Å². The molecule has 0 bridgehead atoms. The van der Waals surface area contributed by atoms with Gasteiger partial charge in [-0.25, -0.2) is 4.79 Å². The zero-order valence-electron chi connectivity index (χ0n) is 19.7. The standard InChI is InChI=1S/C27H32N2O5/c1-27(2,15-24(30)28-18-9-7-8-17(14-18)25(31)32)29-26(33)34-16-23-21-12-5-3-10-19(21)20-11-4-6-13-22(20)23/h3-6,10-13,17-18,23H,7-9,14-16H2,1-2H3,(H,28,30)(H,29,33)(H,31,32). The lowest BCUT2D eigenvalue weighted by Gasteiger charge is -2.30. The maximum Gasteiger partial charge on any atom is 0.407 e. The summed E-state index contributed by atoms with van der Waals surface area (Å²) in [6.07, 6.45) is 2.16. The summed E-state index contributed by atoms with van der Waals surface area (Å²) in [6, 6.07) is 16.2. The molecule has 0 saturated heterocycles. The molecule has 2 atom stereocenters. The number of nitrogens with one attached hydrogen (secondary N) is 2. The van der Waals surface area contributed by atoms with E-state index in [1.165, 1.54) is 0 Å². The maximum absolute atomic E-state index is 12.6. The van der Waals surface area contributed by atoms with E-state index in [1.807, 2.05) is 24.3 Å². The molecular formula is C27H32N2O5.